The van der Waals surface area contributed by atoms with Crippen molar-refractivity contribution in [2.24, 2.45) is 0 Å². The third kappa shape index (κ3) is 2.54. The highest BCUT2D eigenvalue weighted by atomic mass is 16.2. The molecule has 0 bridgehead atoms. The lowest BCUT2D eigenvalue weighted by atomic mass is 9.86. The van der Waals surface area contributed by atoms with E-state index < -0.39 is 0 Å². The summed E-state index contributed by atoms with van der Waals surface area (Å²) in [6, 6.07) is 9.77. The van der Waals surface area contributed by atoms with Crippen molar-refractivity contribution >= 4 is 5.91 Å². The van der Waals surface area contributed by atoms with Gasteiger partial charge in [0, 0.05) is 25.0 Å². The highest BCUT2D eigenvalue weighted by Crippen LogP contribution is 2.36. The molecule has 4 nitrogen and oxygen atoms in total. The maximum absolute atomic E-state index is 12.4. The number of nitrogens with zero attached hydrogens (tertiary/aromatic N) is 3. The van der Waals surface area contributed by atoms with Gasteiger partial charge in [-0.05, 0) is 38.1 Å². The third-order valence-electron chi connectivity index (χ3n) is 5.01. The predicted molar refractivity (Wildman–Crippen MR) is 80.4 cm³/mol. The van der Waals surface area contributed by atoms with E-state index in [1.165, 1.54) is 12.8 Å². The second kappa shape index (κ2) is 5.50. The molecule has 1 spiro atoms. The van der Waals surface area contributed by atoms with Gasteiger partial charge in [0.25, 0.3) is 0 Å². The standard InChI is InChI=1S/C17H21N3O/c1-19-9-5-4-8-17(19)10-16(21)20(13-17)12-15-7-3-2-6-14(15)11-18/h2-3,6-7H,4-5,8-10,12-13H2,1H3. The molecule has 3 rings (SSSR count). The second-order valence-electron chi connectivity index (χ2n) is 6.30. The number of carbonyl (C=O) groups is 1. The largest absolute Gasteiger partial charge is 0.336 e. The molecule has 4 heteroatoms. The first-order chi connectivity index (χ1) is 10.1. The van der Waals surface area contributed by atoms with Crippen molar-refractivity contribution in [1.29, 1.82) is 5.26 Å². The topological polar surface area (TPSA) is 47.3 Å². The quantitative estimate of drug-likeness (QED) is 0.835. The Morgan fingerprint density at radius 3 is 2.90 bits per heavy atom. The van der Waals surface area contributed by atoms with E-state index in [4.69, 9.17) is 0 Å². The van der Waals surface area contributed by atoms with Crippen LogP contribution in [0.2, 0.25) is 0 Å². The third-order valence-corrected chi connectivity index (χ3v) is 5.01. The number of rotatable bonds is 2. The van der Waals surface area contributed by atoms with E-state index in [-0.39, 0.29) is 11.4 Å². The first-order valence-corrected chi connectivity index (χ1v) is 7.62. The van der Waals surface area contributed by atoms with Gasteiger partial charge in [-0.3, -0.25) is 9.69 Å². The Kier molecular flexibility index (Phi) is 3.69. The molecule has 2 fully saturated rings. The van der Waals surface area contributed by atoms with E-state index in [1.54, 1.807) is 0 Å². The lowest BCUT2D eigenvalue weighted by Gasteiger charge is -2.42. The van der Waals surface area contributed by atoms with Crippen LogP contribution in [0.15, 0.2) is 24.3 Å². The Bertz CT molecular complexity index is 592. The van der Waals surface area contributed by atoms with Gasteiger partial charge >= 0.3 is 0 Å². The molecule has 0 aliphatic carbocycles. The molecule has 1 amide bonds. The SMILES string of the molecule is CN1CCCCC12CC(=O)N(Cc1ccccc1C#N)C2. The van der Waals surface area contributed by atoms with Crippen LogP contribution in [0.1, 0.15) is 36.8 Å². The number of benzene rings is 1. The summed E-state index contributed by atoms with van der Waals surface area (Å²) in [6.45, 7) is 2.43. The summed E-state index contributed by atoms with van der Waals surface area (Å²) in [5, 5.41) is 9.18. The summed E-state index contributed by atoms with van der Waals surface area (Å²) in [7, 11) is 2.14. The molecule has 0 saturated carbocycles. The van der Waals surface area contributed by atoms with Crippen LogP contribution in [-0.4, -0.2) is 41.4 Å². The molecule has 1 atom stereocenters. The average molecular weight is 283 g/mol. The Morgan fingerprint density at radius 1 is 1.33 bits per heavy atom. The number of carbonyl (C=O) groups excluding carboxylic acids is 1. The van der Waals surface area contributed by atoms with Crippen LogP contribution < -0.4 is 0 Å². The zero-order valence-corrected chi connectivity index (χ0v) is 12.5. The maximum atomic E-state index is 12.4. The van der Waals surface area contributed by atoms with Gasteiger partial charge in [-0.1, -0.05) is 24.6 Å². The van der Waals surface area contributed by atoms with E-state index in [2.05, 4.69) is 18.0 Å². The van der Waals surface area contributed by atoms with Crippen molar-refractivity contribution < 1.29 is 4.79 Å². The average Bonchev–Trinajstić information content (AvgIpc) is 2.80. The number of hydrogen-bond donors (Lipinski definition) is 0. The molecule has 1 aromatic rings. The van der Waals surface area contributed by atoms with Crippen LogP contribution in [0.4, 0.5) is 0 Å². The zero-order chi connectivity index (χ0) is 14.9. The summed E-state index contributed by atoms with van der Waals surface area (Å²) >= 11 is 0. The zero-order valence-electron chi connectivity index (χ0n) is 12.5. The molecule has 110 valence electrons. The van der Waals surface area contributed by atoms with E-state index >= 15 is 0 Å². The maximum Gasteiger partial charge on any atom is 0.224 e. The predicted octanol–water partition coefficient (Wildman–Crippen LogP) is 2.15. The molecule has 2 aliphatic heterocycles. The van der Waals surface area contributed by atoms with E-state index in [0.29, 0.717) is 18.5 Å². The van der Waals surface area contributed by atoms with Crippen molar-refractivity contribution in [2.75, 3.05) is 20.1 Å². The van der Waals surface area contributed by atoms with Gasteiger partial charge in [0.15, 0.2) is 0 Å². The molecule has 2 aliphatic rings. The number of hydrogen-bond acceptors (Lipinski definition) is 3. The van der Waals surface area contributed by atoms with Gasteiger partial charge in [0.05, 0.1) is 11.6 Å². The minimum Gasteiger partial charge on any atom is -0.336 e. The van der Waals surface area contributed by atoms with Crippen molar-refractivity contribution in [3.63, 3.8) is 0 Å². The minimum absolute atomic E-state index is 0.0247. The lowest BCUT2D eigenvalue weighted by molar-refractivity contribution is -0.128. The highest BCUT2D eigenvalue weighted by Gasteiger charge is 2.46. The fraction of sp³-hybridized carbons (Fsp3) is 0.529. The van der Waals surface area contributed by atoms with Crippen LogP contribution in [0.5, 0.6) is 0 Å². The first kappa shape index (κ1) is 14.1. The summed E-state index contributed by atoms with van der Waals surface area (Å²) in [4.78, 5) is 16.7. The lowest BCUT2D eigenvalue weighted by Crippen LogP contribution is -2.51. The fourth-order valence-electron chi connectivity index (χ4n) is 3.66. The Labute approximate surface area is 126 Å². The molecule has 1 unspecified atom stereocenters. The summed E-state index contributed by atoms with van der Waals surface area (Å²) in [5.41, 5.74) is 1.64. The van der Waals surface area contributed by atoms with Gasteiger partial charge in [0.2, 0.25) is 5.91 Å². The molecule has 0 radical (unpaired) electrons. The highest BCUT2D eigenvalue weighted by molar-refractivity contribution is 5.80. The monoisotopic (exact) mass is 283 g/mol. The molecule has 21 heavy (non-hydrogen) atoms. The number of piperidine rings is 1. The van der Waals surface area contributed by atoms with Gasteiger partial charge in [0.1, 0.15) is 0 Å². The number of likely N-dealkylation sites (tertiary alicyclic amines) is 2. The molecular weight excluding hydrogens is 262 g/mol. The van der Waals surface area contributed by atoms with E-state index in [1.807, 2.05) is 29.2 Å². The van der Waals surface area contributed by atoms with Gasteiger partial charge in [-0.2, -0.15) is 5.26 Å². The molecule has 2 heterocycles. The molecule has 0 N–H and O–H groups in total. The summed E-state index contributed by atoms with van der Waals surface area (Å²) in [6.07, 6.45) is 4.16. The van der Waals surface area contributed by atoms with Crippen molar-refractivity contribution in [3.8, 4) is 6.07 Å². The van der Waals surface area contributed by atoms with Crippen molar-refractivity contribution in [3.05, 3.63) is 35.4 Å². The number of likely N-dealkylation sites (N-methyl/N-ethyl adjacent to an activating group) is 1. The van der Waals surface area contributed by atoms with Gasteiger partial charge < -0.3 is 4.90 Å². The molecular formula is C17H21N3O. The van der Waals surface area contributed by atoms with Gasteiger partial charge in [-0.25, -0.2) is 0 Å². The normalized spacial score (nSPS) is 26.3. The molecule has 2 saturated heterocycles. The van der Waals surface area contributed by atoms with E-state index in [0.717, 1.165) is 25.1 Å². The minimum atomic E-state index is 0.0247. The Morgan fingerprint density at radius 2 is 2.14 bits per heavy atom. The fourth-order valence-corrected chi connectivity index (χ4v) is 3.66. The van der Waals surface area contributed by atoms with Crippen LogP contribution in [0.3, 0.4) is 0 Å². The Balaban J connectivity index is 1.78. The number of nitriles is 1. The summed E-state index contributed by atoms with van der Waals surface area (Å²) < 4.78 is 0. The van der Waals surface area contributed by atoms with E-state index in [9.17, 15) is 10.1 Å². The molecule has 1 aromatic carbocycles. The second-order valence-corrected chi connectivity index (χ2v) is 6.30. The Hall–Kier alpha value is -1.86. The van der Waals surface area contributed by atoms with Crippen molar-refractivity contribution in [2.45, 2.75) is 37.8 Å². The van der Waals surface area contributed by atoms with Crippen LogP contribution in [0.25, 0.3) is 0 Å². The van der Waals surface area contributed by atoms with Crippen molar-refractivity contribution in [1.82, 2.24) is 9.80 Å². The summed E-state index contributed by atoms with van der Waals surface area (Å²) in [5.74, 6) is 0.219. The first-order valence-electron chi connectivity index (χ1n) is 7.62. The van der Waals surface area contributed by atoms with Gasteiger partial charge in [-0.15, -0.1) is 0 Å². The van der Waals surface area contributed by atoms with Crippen LogP contribution in [0, 0.1) is 11.3 Å². The van der Waals surface area contributed by atoms with Crippen LogP contribution in [-0.2, 0) is 11.3 Å². The van der Waals surface area contributed by atoms with Crippen LogP contribution >= 0.6 is 0 Å². The number of amides is 1. The molecule has 0 aromatic heterocycles. The smallest absolute Gasteiger partial charge is 0.224 e.